The second-order valence-electron chi connectivity index (χ2n) is 4.85. The van der Waals surface area contributed by atoms with E-state index in [0.717, 1.165) is 4.90 Å². The van der Waals surface area contributed by atoms with Gasteiger partial charge in [-0.2, -0.15) is 13.2 Å². The van der Waals surface area contributed by atoms with Crippen LogP contribution in [-0.4, -0.2) is 35.1 Å². The van der Waals surface area contributed by atoms with E-state index in [1.165, 1.54) is 32.0 Å². The predicted octanol–water partition coefficient (Wildman–Crippen LogP) is 3.47. The molecule has 0 bridgehead atoms. The molecule has 2 amide bonds. The van der Waals surface area contributed by atoms with Gasteiger partial charge in [0.2, 0.25) is 0 Å². The van der Waals surface area contributed by atoms with Crippen molar-refractivity contribution in [2.75, 3.05) is 4.90 Å². The molecular formula is C13H11Cl2F3N2O2. The lowest BCUT2D eigenvalue weighted by molar-refractivity contribution is -0.188. The molecule has 1 aromatic rings. The Hall–Kier alpha value is -1.47. The summed E-state index contributed by atoms with van der Waals surface area (Å²) in [4.78, 5) is 25.3. The number of hydrogen-bond donors (Lipinski definition) is 0. The van der Waals surface area contributed by atoms with Crippen LogP contribution < -0.4 is 4.90 Å². The number of carbonyl (C=O) groups is 2. The summed E-state index contributed by atoms with van der Waals surface area (Å²) in [6, 6.07) is 2.99. The van der Waals surface area contributed by atoms with E-state index in [1.807, 2.05) is 0 Å². The van der Waals surface area contributed by atoms with Crippen LogP contribution in [0.4, 0.5) is 18.9 Å². The van der Waals surface area contributed by atoms with Gasteiger partial charge in [-0.15, -0.1) is 0 Å². The smallest absolute Gasteiger partial charge is 0.302 e. The van der Waals surface area contributed by atoms with Crippen molar-refractivity contribution in [1.82, 2.24) is 4.90 Å². The lowest BCUT2D eigenvalue weighted by Gasteiger charge is -2.28. The summed E-state index contributed by atoms with van der Waals surface area (Å²) in [7, 11) is 0. The van der Waals surface area contributed by atoms with Gasteiger partial charge < -0.3 is 4.90 Å². The molecule has 0 aliphatic carbocycles. The number of rotatable bonds is 1. The van der Waals surface area contributed by atoms with Gasteiger partial charge in [-0.1, -0.05) is 23.2 Å². The standard InChI is InChI=1S/C13H11Cl2F3N2O2/c1-6-11(21)20(10-4-8(14)3-9(15)5-10)7(2)19(6)12(22)13(16,17)18/h3-7H,1-2H3/t6-,7+/m1/s1. The molecule has 0 saturated carbocycles. The maximum Gasteiger partial charge on any atom is 0.471 e. The molecule has 9 heteroatoms. The van der Waals surface area contributed by atoms with E-state index in [4.69, 9.17) is 23.2 Å². The van der Waals surface area contributed by atoms with E-state index in [1.54, 1.807) is 0 Å². The molecule has 1 fully saturated rings. The number of benzene rings is 1. The molecule has 1 aliphatic rings. The Morgan fingerprint density at radius 1 is 1.14 bits per heavy atom. The van der Waals surface area contributed by atoms with Gasteiger partial charge in [0.1, 0.15) is 12.2 Å². The Labute approximate surface area is 134 Å². The van der Waals surface area contributed by atoms with E-state index < -0.39 is 30.2 Å². The molecule has 120 valence electrons. The second-order valence-corrected chi connectivity index (χ2v) is 5.73. The van der Waals surface area contributed by atoms with Gasteiger partial charge in [0.05, 0.1) is 0 Å². The van der Waals surface area contributed by atoms with Crippen molar-refractivity contribution >= 4 is 40.7 Å². The van der Waals surface area contributed by atoms with Crippen LogP contribution in [0.5, 0.6) is 0 Å². The van der Waals surface area contributed by atoms with Crippen molar-refractivity contribution in [2.45, 2.75) is 32.2 Å². The summed E-state index contributed by atoms with van der Waals surface area (Å²) in [6.07, 6.45) is -6.16. The summed E-state index contributed by atoms with van der Waals surface area (Å²) in [5.74, 6) is -2.69. The maximum absolute atomic E-state index is 12.7. The number of alkyl halides is 3. The summed E-state index contributed by atoms with van der Waals surface area (Å²) in [6.45, 7) is 2.58. The Kier molecular flexibility index (Phi) is 4.32. The molecule has 0 aromatic heterocycles. The van der Waals surface area contributed by atoms with E-state index in [9.17, 15) is 22.8 Å². The average molecular weight is 355 g/mol. The minimum Gasteiger partial charge on any atom is -0.302 e. The van der Waals surface area contributed by atoms with E-state index in [2.05, 4.69) is 0 Å². The zero-order chi connectivity index (χ0) is 16.8. The number of halogens is 5. The highest BCUT2D eigenvalue weighted by Crippen LogP contribution is 2.34. The molecule has 0 N–H and O–H groups in total. The van der Waals surface area contributed by atoms with Gasteiger partial charge in [0.25, 0.3) is 5.91 Å². The molecule has 1 aromatic carbocycles. The van der Waals surface area contributed by atoms with Crippen LogP contribution >= 0.6 is 23.2 Å². The molecule has 2 atom stereocenters. The fourth-order valence-electron chi connectivity index (χ4n) is 2.47. The third kappa shape index (κ3) is 2.87. The quantitative estimate of drug-likeness (QED) is 0.774. The SMILES string of the molecule is C[C@@H]1C(=O)N(c2cc(Cl)cc(Cl)c2)[C@@H](C)N1C(=O)C(F)(F)F. The predicted molar refractivity (Wildman–Crippen MR) is 75.8 cm³/mol. The van der Waals surface area contributed by atoms with E-state index in [0.29, 0.717) is 4.90 Å². The number of hydrogen-bond acceptors (Lipinski definition) is 2. The molecule has 1 heterocycles. The third-order valence-electron chi connectivity index (χ3n) is 3.39. The zero-order valence-electron chi connectivity index (χ0n) is 11.5. The summed E-state index contributed by atoms with van der Waals surface area (Å²) >= 11 is 11.7. The molecular weight excluding hydrogens is 344 g/mol. The molecule has 1 aliphatic heterocycles. The van der Waals surface area contributed by atoms with Crippen LogP contribution in [0, 0.1) is 0 Å². The topological polar surface area (TPSA) is 40.6 Å². The van der Waals surface area contributed by atoms with Crippen LogP contribution in [0.15, 0.2) is 18.2 Å². The largest absolute Gasteiger partial charge is 0.471 e. The number of carbonyl (C=O) groups excluding carboxylic acids is 2. The van der Waals surface area contributed by atoms with Gasteiger partial charge in [0.15, 0.2) is 0 Å². The maximum atomic E-state index is 12.7. The van der Waals surface area contributed by atoms with Crippen LogP contribution in [0.3, 0.4) is 0 Å². The van der Waals surface area contributed by atoms with Crippen LogP contribution in [-0.2, 0) is 9.59 Å². The molecule has 1 saturated heterocycles. The molecule has 4 nitrogen and oxygen atoms in total. The minimum atomic E-state index is -5.05. The zero-order valence-corrected chi connectivity index (χ0v) is 13.0. The van der Waals surface area contributed by atoms with E-state index >= 15 is 0 Å². The first-order valence-electron chi connectivity index (χ1n) is 6.22. The highest BCUT2D eigenvalue weighted by Gasteiger charge is 2.52. The summed E-state index contributed by atoms with van der Waals surface area (Å²) in [5.41, 5.74) is 0.235. The highest BCUT2D eigenvalue weighted by atomic mass is 35.5. The first kappa shape index (κ1) is 16.9. The molecule has 22 heavy (non-hydrogen) atoms. The van der Waals surface area contributed by atoms with Crippen molar-refractivity contribution in [3.05, 3.63) is 28.2 Å². The Morgan fingerprint density at radius 3 is 2.09 bits per heavy atom. The Balaban J connectivity index is 2.43. The lowest BCUT2D eigenvalue weighted by Crippen LogP contribution is -2.48. The fraction of sp³-hybridized carbons (Fsp3) is 0.385. The number of anilines is 1. The van der Waals surface area contributed by atoms with Crippen molar-refractivity contribution < 1.29 is 22.8 Å². The molecule has 0 spiro atoms. The van der Waals surface area contributed by atoms with Gasteiger partial charge in [0, 0.05) is 15.7 Å². The van der Waals surface area contributed by atoms with Crippen molar-refractivity contribution in [1.29, 1.82) is 0 Å². The highest BCUT2D eigenvalue weighted by molar-refractivity contribution is 6.35. The van der Waals surface area contributed by atoms with Crippen molar-refractivity contribution in [2.24, 2.45) is 0 Å². The summed E-state index contributed by atoms with van der Waals surface area (Å²) in [5, 5.41) is 0.464. The van der Waals surface area contributed by atoms with Gasteiger partial charge >= 0.3 is 12.1 Å². The monoisotopic (exact) mass is 354 g/mol. The average Bonchev–Trinajstić information content (AvgIpc) is 2.57. The molecule has 0 radical (unpaired) electrons. The molecule has 2 rings (SSSR count). The van der Waals surface area contributed by atoms with Gasteiger partial charge in [-0.05, 0) is 32.0 Å². The van der Waals surface area contributed by atoms with Crippen LogP contribution in [0.25, 0.3) is 0 Å². The normalized spacial score (nSPS) is 22.4. The lowest BCUT2D eigenvalue weighted by atomic mass is 10.2. The minimum absolute atomic E-state index is 0.232. The molecule has 0 unspecified atom stereocenters. The number of nitrogens with zero attached hydrogens (tertiary/aromatic N) is 2. The van der Waals surface area contributed by atoms with Gasteiger partial charge in [-0.25, -0.2) is 0 Å². The number of amides is 2. The summed E-state index contributed by atoms with van der Waals surface area (Å²) < 4.78 is 38.0. The van der Waals surface area contributed by atoms with Crippen molar-refractivity contribution in [3.63, 3.8) is 0 Å². The first-order valence-corrected chi connectivity index (χ1v) is 6.98. The van der Waals surface area contributed by atoms with Crippen molar-refractivity contribution in [3.8, 4) is 0 Å². The fourth-order valence-corrected chi connectivity index (χ4v) is 2.98. The first-order chi connectivity index (χ1) is 10.0. The Morgan fingerprint density at radius 2 is 1.64 bits per heavy atom. The second kappa shape index (κ2) is 5.62. The van der Waals surface area contributed by atoms with Gasteiger partial charge in [-0.3, -0.25) is 14.5 Å². The van der Waals surface area contributed by atoms with Crippen LogP contribution in [0.2, 0.25) is 10.0 Å². The van der Waals surface area contributed by atoms with Crippen LogP contribution in [0.1, 0.15) is 13.8 Å². The third-order valence-corrected chi connectivity index (χ3v) is 3.83. The Bertz CT molecular complexity index is 616. The van der Waals surface area contributed by atoms with E-state index in [-0.39, 0.29) is 15.7 Å².